The second kappa shape index (κ2) is 9.03. The minimum Gasteiger partial charge on any atom is -0.339 e. The Labute approximate surface area is 109 Å². The molecule has 0 aromatic carbocycles. The molecule has 1 amide bonds. The minimum absolute atomic E-state index is 0.208. The van der Waals surface area contributed by atoms with Crippen molar-refractivity contribution in [2.24, 2.45) is 5.92 Å². The molecule has 0 aliphatic rings. The van der Waals surface area contributed by atoms with Crippen LogP contribution in [0.4, 0.5) is 0 Å². The minimum atomic E-state index is 0.208. The second-order valence-corrected chi connectivity index (χ2v) is 5.00. The molecule has 0 aliphatic heterocycles. The monoisotopic (exact) mass is 291 g/mol. The maximum atomic E-state index is 12.4. The fourth-order valence-corrected chi connectivity index (χ4v) is 2.55. The maximum absolute atomic E-state index is 12.4. The molecule has 0 N–H and O–H groups in total. The summed E-state index contributed by atoms with van der Waals surface area (Å²) in [5, 5.41) is 0.870. The van der Waals surface area contributed by atoms with Crippen LogP contribution in [-0.4, -0.2) is 28.7 Å². The van der Waals surface area contributed by atoms with Gasteiger partial charge in [-0.1, -0.05) is 43.6 Å². The van der Waals surface area contributed by atoms with Gasteiger partial charge in [-0.15, -0.1) is 0 Å². The normalized spacial score (nSPS) is 11.2. The first-order valence-corrected chi connectivity index (χ1v) is 7.64. The van der Waals surface area contributed by atoms with E-state index in [9.17, 15) is 4.79 Å². The van der Waals surface area contributed by atoms with Gasteiger partial charge in [-0.25, -0.2) is 0 Å². The van der Waals surface area contributed by atoms with Gasteiger partial charge in [0, 0.05) is 23.8 Å². The molecule has 0 bridgehead atoms. The molecule has 0 aromatic heterocycles. The summed E-state index contributed by atoms with van der Waals surface area (Å²) < 4.78 is 0. The van der Waals surface area contributed by atoms with Crippen molar-refractivity contribution < 1.29 is 4.79 Å². The number of carbonyl (C=O) groups excluding carboxylic acids is 1. The molecule has 0 saturated carbocycles. The van der Waals surface area contributed by atoms with Gasteiger partial charge in [0.25, 0.3) is 0 Å². The summed E-state index contributed by atoms with van der Waals surface area (Å²) in [5.41, 5.74) is 0. The van der Waals surface area contributed by atoms with Gasteiger partial charge in [-0.05, 0) is 25.7 Å². The van der Waals surface area contributed by atoms with Crippen LogP contribution in [-0.2, 0) is 4.79 Å². The largest absolute Gasteiger partial charge is 0.339 e. The summed E-state index contributed by atoms with van der Waals surface area (Å²) in [4.78, 5) is 14.4. The molecule has 0 saturated heterocycles. The van der Waals surface area contributed by atoms with Crippen molar-refractivity contribution in [3.05, 3.63) is 0 Å². The number of rotatable bonds is 8. The maximum Gasteiger partial charge on any atom is 0.225 e. The van der Waals surface area contributed by atoms with Gasteiger partial charge in [0.1, 0.15) is 0 Å². The van der Waals surface area contributed by atoms with Crippen LogP contribution in [0.1, 0.15) is 53.4 Å². The van der Waals surface area contributed by atoms with Crippen LogP contribution in [0, 0.1) is 5.92 Å². The van der Waals surface area contributed by atoms with E-state index in [1.54, 1.807) is 0 Å². The van der Waals surface area contributed by atoms with E-state index in [1.807, 2.05) is 0 Å². The van der Waals surface area contributed by atoms with Crippen LogP contribution in [0.2, 0.25) is 0 Å². The number of hydrogen-bond donors (Lipinski definition) is 0. The Morgan fingerprint density at radius 2 is 1.56 bits per heavy atom. The number of alkyl halides is 1. The van der Waals surface area contributed by atoms with Crippen LogP contribution in [0.25, 0.3) is 0 Å². The number of halogens is 1. The predicted octanol–water partition coefficient (Wildman–Crippen LogP) is 3.83. The Balaban J connectivity index is 4.67. The molecule has 0 unspecified atom stereocenters. The molecule has 0 spiro atoms. The second-order valence-electron chi connectivity index (χ2n) is 4.20. The summed E-state index contributed by atoms with van der Waals surface area (Å²) >= 11 is 3.44. The molecule has 0 atom stereocenters. The fourth-order valence-electron chi connectivity index (χ4n) is 2.17. The van der Waals surface area contributed by atoms with Crippen molar-refractivity contribution in [2.45, 2.75) is 59.4 Å². The zero-order valence-electron chi connectivity index (χ0n) is 11.1. The third-order valence-electron chi connectivity index (χ3n) is 3.33. The average Bonchev–Trinajstić information content (AvgIpc) is 2.30. The zero-order valence-corrected chi connectivity index (χ0v) is 12.7. The van der Waals surface area contributed by atoms with Gasteiger partial charge >= 0.3 is 0 Å². The molecule has 0 aromatic rings. The number of carbonyl (C=O) groups is 1. The molecule has 0 rings (SSSR count). The lowest BCUT2D eigenvalue weighted by molar-refractivity contribution is -0.138. The van der Waals surface area contributed by atoms with E-state index in [2.05, 4.69) is 48.5 Å². The Bertz CT molecular complexity index is 188. The Morgan fingerprint density at radius 3 is 1.88 bits per heavy atom. The quantitative estimate of drug-likeness (QED) is 0.623. The van der Waals surface area contributed by atoms with Crippen molar-refractivity contribution in [2.75, 3.05) is 11.9 Å². The van der Waals surface area contributed by atoms with E-state index < -0.39 is 0 Å². The Kier molecular flexibility index (Phi) is 9.00. The number of amides is 1. The molecule has 0 radical (unpaired) electrons. The van der Waals surface area contributed by atoms with E-state index in [4.69, 9.17) is 0 Å². The summed E-state index contributed by atoms with van der Waals surface area (Å²) in [6.45, 7) is 9.36. The number of nitrogens with zero attached hydrogens (tertiary/aromatic N) is 1. The molecule has 2 nitrogen and oxygen atoms in total. The van der Waals surface area contributed by atoms with E-state index >= 15 is 0 Å². The van der Waals surface area contributed by atoms with Gasteiger partial charge in [-0.2, -0.15) is 0 Å². The summed E-state index contributed by atoms with van der Waals surface area (Å²) in [7, 11) is 0. The molecular formula is C13H26BrNO. The van der Waals surface area contributed by atoms with E-state index in [0.717, 1.165) is 37.6 Å². The van der Waals surface area contributed by atoms with E-state index in [1.165, 1.54) is 0 Å². The lowest BCUT2D eigenvalue weighted by Gasteiger charge is -2.32. The highest BCUT2D eigenvalue weighted by atomic mass is 79.9. The molecule has 96 valence electrons. The van der Waals surface area contributed by atoms with Crippen molar-refractivity contribution in [3.8, 4) is 0 Å². The van der Waals surface area contributed by atoms with Crippen molar-refractivity contribution in [3.63, 3.8) is 0 Å². The predicted molar refractivity (Wildman–Crippen MR) is 73.9 cm³/mol. The molecule has 16 heavy (non-hydrogen) atoms. The van der Waals surface area contributed by atoms with Gasteiger partial charge in [0.2, 0.25) is 5.91 Å². The first-order chi connectivity index (χ1) is 7.65. The smallest absolute Gasteiger partial charge is 0.225 e. The van der Waals surface area contributed by atoms with Crippen molar-refractivity contribution in [1.29, 1.82) is 0 Å². The molecule has 0 aliphatic carbocycles. The molecule has 0 fully saturated rings. The van der Waals surface area contributed by atoms with Crippen LogP contribution in [0.15, 0.2) is 0 Å². The number of hydrogen-bond acceptors (Lipinski definition) is 1. The third-order valence-corrected chi connectivity index (χ3v) is 3.68. The highest BCUT2D eigenvalue weighted by molar-refractivity contribution is 9.09. The van der Waals surface area contributed by atoms with Gasteiger partial charge < -0.3 is 4.90 Å². The first-order valence-electron chi connectivity index (χ1n) is 6.52. The lowest BCUT2D eigenvalue weighted by atomic mass is 9.99. The third kappa shape index (κ3) is 4.44. The van der Waals surface area contributed by atoms with E-state index in [0.29, 0.717) is 11.9 Å². The lowest BCUT2D eigenvalue weighted by Crippen LogP contribution is -2.44. The SMILES string of the molecule is CCC(CC)C(=O)N(CCBr)C(CC)CC. The van der Waals surface area contributed by atoms with Crippen molar-refractivity contribution >= 4 is 21.8 Å². The zero-order chi connectivity index (χ0) is 12.6. The summed E-state index contributed by atoms with van der Waals surface area (Å²) in [5.74, 6) is 0.554. The molecular weight excluding hydrogens is 266 g/mol. The highest BCUT2D eigenvalue weighted by Gasteiger charge is 2.25. The van der Waals surface area contributed by atoms with Gasteiger partial charge in [-0.3, -0.25) is 4.79 Å². The Hall–Kier alpha value is -0.0500. The van der Waals surface area contributed by atoms with Crippen LogP contribution < -0.4 is 0 Å². The summed E-state index contributed by atoms with van der Waals surface area (Å²) in [6, 6.07) is 0.408. The van der Waals surface area contributed by atoms with Gasteiger partial charge in [0.15, 0.2) is 0 Å². The first kappa shape index (κ1) is 16.0. The van der Waals surface area contributed by atoms with Crippen LogP contribution in [0.5, 0.6) is 0 Å². The molecule has 0 heterocycles. The topological polar surface area (TPSA) is 20.3 Å². The average molecular weight is 292 g/mol. The van der Waals surface area contributed by atoms with Crippen LogP contribution >= 0.6 is 15.9 Å². The van der Waals surface area contributed by atoms with Gasteiger partial charge in [0.05, 0.1) is 0 Å². The highest BCUT2D eigenvalue weighted by Crippen LogP contribution is 2.17. The van der Waals surface area contributed by atoms with Crippen molar-refractivity contribution in [1.82, 2.24) is 4.90 Å². The van der Waals surface area contributed by atoms with Crippen LogP contribution in [0.3, 0.4) is 0 Å². The Morgan fingerprint density at radius 1 is 1.06 bits per heavy atom. The summed E-state index contributed by atoms with van der Waals surface area (Å²) in [6.07, 6.45) is 4.01. The molecule has 3 heteroatoms. The van der Waals surface area contributed by atoms with E-state index in [-0.39, 0.29) is 5.92 Å². The fraction of sp³-hybridized carbons (Fsp3) is 0.923. The standard InChI is InChI=1S/C13H26BrNO/c1-5-11(6-2)13(16)15(10-9-14)12(7-3)8-4/h11-12H,5-10H2,1-4H3.